The minimum Gasteiger partial charge on any atom is -0.451 e. The molecular formula is C18H17N3O4. The van der Waals surface area contributed by atoms with E-state index in [1.807, 2.05) is 0 Å². The SMILES string of the molecule is Cc1noc([C@H]2CCCCN2C(=O)c2cc(=O)c3ccccc3o2)n1. The van der Waals surface area contributed by atoms with Crippen molar-refractivity contribution in [2.24, 2.45) is 0 Å². The van der Waals surface area contributed by atoms with E-state index in [4.69, 9.17) is 8.94 Å². The van der Waals surface area contributed by atoms with Crippen LogP contribution in [-0.2, 0) is 0 Å². The molecule has 4 rings (SSSR count). The lowest BCUT2D eigenvalue weighted by Crippen LogP contribution is -2.39. The summed E-state index contributed by atoms with van der Waals surface area (Å²) >= 11 is 0. The summed E-state index contributed by atoms with van der Waals surface area (Å²) in [7, 11) is 0. The van der Waals surface area contributed by atoms with Crippen molar-refractivity contribution in [1.29, 1.82) is 0 Å². The first kappa shape index (κ1) is 15.6. The van der Waals surface area contributed by atoms with Crippen LogP contribution in [0.1, 0.15) is 47.6 Å². The van der Waals surface area contributed by atoms with Gasteiger partial charge in [-0.25, -0.2) is 0 Å². The molecule has 0 unspecified atom stereocenters. The number of piperidine rings is 1. The van der Waals surface area contributed by atoms with Gasteiger partial charge in [-0.1, -0.05) is 17.3 Å². The van der Waals surface area contributed by atoms with Gasteiger partial charge >= 0.3 is 0 Å². The number of carbonyl (C=O) groups is 1. The fraction of sp³-hybridized carbons (Fsp3) is 0.333. The molecule has 1 saturated heterocycles. The van der Waals surface area contributed by atoms with Crippen molar-refractivity contribution in [3.05, 3.63) is 58.0 Å². The highest BCUT2D eigenvalue weighted by Gasteiger charge is 2.33. The Bertz CT molecular complexity index is 991. The summed E-state index contributed by atoms with van der Waals surface area (Å²) in [4.78, 5) is 31.2. The summed E-state index contributed by atoms with van der Waals surface area (Å²) in [5.74, 6) is 0.661. The van der Waals surface area contributed by atoms with Crippen LogP contribution in [0.3, 0.4) is 0 Å². The number of hydrogen-bond acceptors (Lipinski definition) is 6. The van der Waals surface area contributed by atoms with Crippen LogP contribution in [0.2, 0.25) is 0 Å². The molecule has 3 heterocycles. The number of carbonyl (C=O) groups excluding carboxylic acids is 1. The number of likely N-dealkylation sites (tertiary alicyclic amines) is 1. The summed E-state index contributed by atoms with van der Waals surface area (Å²) in [6, 6.07) is 7.86. The van der Waals surface area contributed by atoms with Crippen molar-refractivity contribution in [1.82, 2.24) is 15.0 Å². The molecule has 0 spiro atoms. The lowest BCUT2D eigenvalue weighted by molar-refractivity contribution is 0.0530. The van der Waals surface area contributed by atoms with Gasteiger partial charge in [0.25, 0.3) is 5.91 Å². The van der Waals surface area contributed by atoms with Gasteiger partial charge < -0.3 is 13.8 Å². The predicted octanol–water partition coefficient (Wildman–Crippen LogP) is 2.85. The van der Waals surface area contributed by atoms with Gasteiger partial charge in [-0.15, -0.1) is 0 Å². The van der Waals surface area contributed by atoms with Crippen molar-refractivity contribution in [2.45, 2.75) is 32.2 Å². The average molecular weight is 339 g/mol. The molecule has 0 aliphatic carbocycles. The number of para-hydroxylation sites is 1. The monoisotopic (exact) mass is 339 g/mol. The Kier molecular flexibility index (Phi) is 3.83. The maximum absolute atomic E-state index is 13.0. The summed E-state index contributed by atoms with van der Waals surface area (Å²) in [5.41, 5.74) is 0.174. The molecule has 0 N–H and O–H groups in total. The van der Waals surface area contributed by atoms with E-state index in [1.165, 1.54) is 6.07 Å². The lowest BCUT2D eigenvalue weighted by atomic mass is 10.0. The van der Waals surface area contributed by atoms with Gasteiger partial charge in [0.2, 0.25) is 5.89 Å². The van der Waals surface area contributed by atoms with Gasteiger partial charge in [0.1, 0.15) is 11.6 Å². The third-order valence-corrected chi connectivity index (χ3v) is 4.44. The second-order valence-corrected chi connectivity index (χ2v) is 6.16. The van der Waals surface area contributed by atoms with E-state index in [0.717, 1.165) is 19.3 Å². The second kappa shape index (κ2) is 6.16. The topological polar surface area (TPSA) is 89.4 Å². The smallest absolute Gasteiger partial charge is 0.290 e. The van der Waals surface area contributed by atoms with E-state index in [-0.39, 0.29) is 23.1 Å². The van der Waals surface area contributed by atoms with Crippen molar-refractivity contribution in [2.75, 3.05) is 6.54 Å². The van der Waals surface area contributed by atoms with Gasteiger partial charge in [0.15, 0.2) is 17.0 Å². The molecule has 1 fully saturated rings. The van der Waals surface area contributed by atoms with Gasteiger partial charge in [-0.3, -0.25) is 9.59 Å². The number of benzene rings is 1. The molecular weight excluding hydrogens is 322 g/mol. The molecule has 1 aliphatic rings. The molecule has 128 valence electrons. The normalized spacial score (nSPS) is 17.8. The molecule has 7 nitrogen and oxygen atoms in total. The molecule has 0 bridgehead atoms. The number of aromatic nitrogens is 2. The molecule has 2 aromatic heterocycles. The highest BCUT2D eigenvalue weighted by Crippen LogP contribution is 2.31. The van der Waals surface area contributed by atoms with Crippen LogP contribution in [0.25, 0.3) is 11.0 Å². The molecule has 0 saturated carbocycles. The van der Waals surface area contributed by atoms with Crippen molar-refractivity contribution >= 4 is 16.9 Å². The third-order valence-electron chi connectivity index (χ3n) is 4.44. The van der Waals surface area contributed by atoms with Crippen molar-refractivity contribution in [3.63, 3.8) is 0 Å². The Balaban J connectivity index is 1.72. The lowest BCUT2D eigenvalue weighted by Gasteiger charge is -2.32. The fourth-order valence-corrected chi connectivity index (χ4v) is 3.23. The molecule has 3 aromatic rings. The maximum Gasteiger partial charge on any atom is 0.290 e. The average Bonchev–Trinajstić information content (AvgIpc) is 3.07. The zero-order valence-corrected chi connectivity index (χ0v) is 13.8. The quantitative estimate of drug-likeness (QED) is 0.713. The zero-order chi connectivity index (χ0) is 17.4. The van der Waals surface area contributed by atoms with E-state index in [0.29, 0.717) is 29.2 Å². The number of hydrogen-bond donors (Lipinski definition) is 0. The number of nitrogens with zero attached hydrogens (tertiary/aromatic N) is 3. The van der Waals surface area contributed by atoms with Crippen LogP contribution in [0.15, 0.2) is 44.1 Å². The number of aryl methyl sites for hydroxylation is 1. The van der Waals surface area contributed by atoms with E-state index >= 15 is 0 Å². The van der Waals surface area contributed by atoms with Crippen LogP contribution >= 0.6 is 0 Å². The largest absolute Gasteiger partial charge is 0.451 e. The molecule has 1 amide bonds. The first-order valence-corrected chi connectivity index (χ1v) is 8.27. The first-order chi connectivity index (χ1) is 12.1. The first-order valence-electron chi connectivity index (χ1n) is 8.27. The number of fused-ring (bicyclic) bond motifs is 1. The van der Waals surface area contributed by atoms with Crippen molar-refractivity contribution < 1.29 is 13.7 Å². The Labute approximate surface area is 143 Å². The van der Waals surface area contributed by atoms with E-state index in [2.05, 4.69) is 10.1 Å². The number of amides is 1. The standard InChI is InChI=1S/C18H17N3O4/c1-11-19-17(25-20-11)13-7-4-5-9-21(13)18(23)16-10-14(22)12-6-2-3-8-15(12)24-16/h2-3,6,8,10,13H,4-5,7,9H2,1H3/t13-/m1/s1. The van der Waals surface area contributed by atoms with Crippen LogP contribution in [0.4, 0.5) is 0 Å². The highest BCUT2D eigenvalue weighted by atomic mass is 16.5. The molecule has 7 heteroatoms. The van der Waals surface area contributed by atoms with E-state index < -0.39 is 0 Å². The number of rotatable bonds is 2. The maximum atomic E-state index is 13.0. The minimum atomic E-state index is -0.330. The van der Waals surface area contributed by atoms with Crippen LogP contribution < -0.4 is 5.43 Å². The van der Waals surface area contributed by atoms with Gasteiger partial charge in [0, 0.05) is 12.6 Å². The van der Waals surface area contributed by atoms with E-state index in [1.54, 1.807) is 36.1 Å². The highest BCUT2D eigenvalue weighted by molar-refractivity contribution is 5.93. The molecule has 1 aliphatic heterocycles. The third kappa shape index (κ3) is 2.82. The summed E-state index contributed by atoms with van der Waals surface area (Å²) < 4.78 is 11.0. The van der Waals surface area contributed by atoms with Gasteiger partial charge in [-0.05, 0) is 38.3 Å². The Morgan fingerprint density at radius 2 is 2.12 bits per heavy atom. The Hall–Kier alpha value is -2.96. The zero-order valence-electron chi connectivity index (χ0n) is 13.8. The summed E-state index contributed by atoms with van der Waals surface area (Å²) in [6.07, 6.45) is 2.59. The molecule has 1 aromatic carbocycles. The fourth-order valence-electron chi connectivity index (χ4n) is 3.23. The minimum absolute atomic E-state index is 0.0341. The van der Waals surface area contributed by atoms with Crippen molar-refractivity contribution in [3.8, 4) is 0 Å². The Morgan fingerprint density at radius 3 is 2.92 bits per heavy atom. The second-order valence-electron chi connectivity index (χ2n) is 6.16. The summed E-state index contributed by atoms with van der Waals surface area (Å²) in [6.45, 7) is 2.30. The Morgan fingerprint density at radius 1 is 1.28 bits per heavy atom. The van der Waals surface area contributed by atoms with Crippen LogP contribution in [-0.4, -0.2) is 27.5 Å². The van der Waals surface area contributed by atoms with Crippen LogP contribution in [0.5, 0.6) is 0 Å². The molecule has 0 radical (unpaired) electrons. The van der Waals surface area contributed by atoms with Gasteiger partial charge in [-0.2, -0.15) is 4.98 Å². The van der Waals surface area contributed by atoms with Crippen LogP contribution in [0, 0.1) is 6.92 Å². The summed E-state index contributed by atoms with van der Waals surface area (Å²) in [5, 5.41) is 4.28. The molecule has 25 heavy (non-hydrogen) atoms. The van der Waals surface area contributed by atoms with Gasteiger partial charge in [0.05, 0.1) is 5.39 Å². The van der Waals surface area contributed by atoms with E-state index in [9.17, 15) is 9.59 Å². The predicted molar refractivity (Wildman–Crippen MR) is 89.1 cm³/mol. The molecule has 1 atom stereocenters.